The third kappa shape index (κ3) is 5.89. The number of allylic oxidation sites excluding steroid dienone is 1. The summed E-state index contributed by atoms with van der Waals surface area (Å²) in [5.74, 6) is 1.66. The van der Waals surface area contributed by atoms with Crippen LogP contribution in [0.25, 0.3) is 22.0 Å². The lowest BCUT2D eigenvalue weighted by molar-refractivity contribution is 0.0652. The Labute approximate surface area is 251 Å². The molecule has 0 bridgehead atoms. The number of halogens is 2. The summed E-state index contributed by atoms with van der Waals surface area (Å²) in [6.07, 6.45) is 3.34. The number of aromatic nitrogens is 1. The molecule has 5 nitrogen and oxygen atoms in total. The van der Waals surface area contributed by atoms with Gasteiger partial charge in [-0.15, -0.1) is 0 Å². The van der Waals surface area contributed by atoms with Gasteiger partial charge >= 0.3 is 0 Å². The molecule has 0 amide bonds. The largest absolute Gasteiger partial charge is 0.492 e. The molecule has 0 saturated carbocycles. The van der Waals surface area contributed by atoms with E-state index < -0.39 is 0 Å². The number of fused-ring (bicyclic) bond motifs is 1. The predicted molar refractivity (Wildman–Crippen MR) is 169 cm³/mol. The number of nitrogens with one attached hydrogen (secondary N) is 2. The number of para-hydroxylation sites is 1. The maximum Gasteiger partial charge on any atom is 0.119 e. The normalized spacial score (nSPS) is 18.0. The number of nitriles is 1. The molecule has 4 aromatic rings. The Morgan fingerprint density at radius 1 is 1.07 bits per heavy atom. The maximum absolute atomic E-state index is 9.94. The molecule has 2 fully saturated rings. The molecule has 7 heteroatoms. The number of ether oxygens (including phenoxy) is 1. The predicted octanol–water partition coefficient (Wildman–Crippen LogP) is 7.78. The Hall–Kier alpha value is -3.27. The summed E-state index contributed by atoms with van der Waals surface area (Å²) in [5, 5.41) is 15.6. The van der Waals surface area contributed by atoms with E-state index in [1.807, 2.05) is 48.5 Å². The summed E-state index contributed by atoms with van der Waals surface area (Å²) >= 11 is 13.3. The van der Waals surface area contributed by atoms with Crippen LogP contribution in [0.15, 0.2) is 66.7 Å². The molecule has 0 radical (unpaired) electrons. The van der Waals surface area contributed by atoms with E-state index in [0.717, 1.165) is 63.1 Å². The first-order valence-electron chi connectivity index (χ1n) is 14.4. The molecule has 0 spiro atoms. The average molecular weight is 586 g/mol. The second-order valence-corrected chi connectivity index (χ2v) is 11.9. The van der Waals surface area contributed by atoms with Crippen LogP contribution in [0.2, 0.25) is 10.0 Å². The molecule has 1 atom stereocenters. The summed E-state index contributed by atoms with van der Waals surface area (Å²) < 4.78 is 6.13. The lowest BCUT2D eigenvalue weighted by Gasteiger charge is -2.42. The third-order valence-corrected chi connectivity index (χ3v) is 9.00. The van der Waals surface area contributed by atoms with Gasteiger partial charge in [0.1, 0.15) is 12.4 Å². The zero-order valence-electron chi connectivity index (χ0n) is 23.2. The summed E-state index contributed by atoms with van der Waals surface area (Å²) in [6.45, 7) is 7.24. The van der Waals surface area contributed by atoms with Crippen molar-refractivity contribution < 1.29 is 4.74 Å². The van der Waals surface area contributed by atoms with Crippen LogP contribution < -0.4 is 10.1 Å². The number of rotatable bonds is 10. The van der Waals surface area contributed by atoms with E-state index in [9.17, 15) is 5.26 Å². The molecular weight excluding hydrogens is 551 g/mol. The highest BCUT2D eigenvalue weighted by Gasteiger charge is 2.30. The van der Waals surface area contributed by atoms with Crippen LogP contribution in [0.1, 0.15) is 48.6 Å². The zero-order valence-corrected chi connectivity index (χ0v) is 24.7. The summed E-state index contributed by atoms with van der Waals surface area (Å²) in [7, 11) is 0. The van der Waals surface area contributed by atoms with Crippen LogP contribution in [0, 0.1) is 17.2 Å². The van der Waals surface area contributed by atoms with E-state index in [-0.39, 0.29) is 0 Å². The topological polar surface area (TPSA) is 64.1 Å². The number of H-pyrrole nitrogens is 1. The molecule has 0 aliphatic carbocycles. The first kappa shape index (κ1) is 27.9. The number of hydrogen-bond acceptors (Lipinski definition) is 4. The monoisotopic (exact) mass is 584 g/mol. The highest BCUT2D eigenvalue weighted by Crippen LogP contribution is 2.41. The Kier molecular flexibility index (Phi) is 8.37. The van der Waals surface area contributed by atoms with Gasteiger partial charge < -0.3 is 15.0 Å². The fourth-order valence-electron chi connectivity index (χ4n) is 6.09. The van der Waals surface area contributed by atoms with Crippen molar-refractivity contribution >= 4 is 45.3 Å². The Balaban J connectivity index is 1.26. The van der Waals surface area contributed by atoms with Crippen molar-refractivity contribution in [3.8, 4) is 11.8 Å². The molecule has 2 N–H and O–H groups in total. The van der Waals surface area contributed by atoms with Crippen molar-refractivity contribution in [2.75, 3.05) is 32.8 Å². The van der Waals surface area contributed by atoms with Crippen molar-refractivity contribution in [1.29, 1.82) is 5.26 Å². The van der Waals surface area contributed by atoms with Gasteiger partial charge in [-0.05, 0) is 78.8 Å². The van der Waals surface area contributed by atoms with Gasteiger partial charge in [0.05, 0.1) is 22.3 Å². The SMILES string of the molecule is CC/C(=C(/c1ccc(OCCN2CC(CC3CCN3)C2)cc1)c1[nH]c2ccccc2c1Cl)c1ccc(Cl)cc1C#N. The molecule has 6 rings (SSSR count). The smallest absolute Gasteiger partial charge is 0.119 e. The van der Waals surface area contributed by atoms with Gasteiger partial charge in [-0.2, -0.15) is 5.26 Å². The third-order valence-electron chi connectivity index (χ3n) is 8.37. The number of benzene rings is 3. The van der Waals surface area contributed by atoms with E-state index in [0.29, 0.717) is 28.6 Å². The molecule has 3 heterocycles. The number of hydrogen-bond donors (Lipinski definition) is 2. The molecule has 41 heavy (non-hydrogen) atoms. The maximum atomic E-state index is 9.94. The zero-order chi connectivity index (χ0) is 28.3. The van der Waals surface area contributed by atoms with Gasteiger partial charge in [0.25, 0.3) is 0 Å². The van der Waals surface area contributed by atoms with Gasteiger partial charge in [0, 0.05) is 47.2 Å². The first-order valence-corrected chi connectivity index (χ1v) is 15.2. The summed E-state index contributed by atoms with van der Waals surface area (Å²) in [5.41, 5.74) is 6.17. The first-order chi connectivity index (χ1) is 20.0. The van der Waals surface area contributed by atoms with Crippen molar-refractivity contribution in [3.63, 3.8) is 0 Å². The number of likely N-dealkylation sites (tertiary alicyclic amines) is 1. The quantitative estimate of drug-likeness (QED) is 0.187. The van der Waals surface area contributed by atoms with Crippen molar-refractivity contribution in [3.05, 3.63) is 99.2 Å². The molecule has 2 aliphatic heterocycles. The lowest BCUT2D eigenvalue weighted by atomic mass is 9.88. The van der Waals surface area contributed by atoms with E-state index in [2.05, 4.69) is 40.3 Å². The van der Waals surface area contributed by atoms with Crippen molar-refractivity contribution in [2.24, 2.45) is 5.92 Å². The highest BCUT2D eigenvalue weighted by atomic mass is 35.5. The molecule has 1 aromatic heterocycles. The lowest BCUT2D eigenvalue weighted by Crippen LogP contribution is -2.53. The van der Waals surface area contributed by atoms with Gasteiger partial charge in [-0.3, -0.25) is 4.90 Å². The van der Waals surface area contributed by atoms with Crippen molar-refractivity contribution in [1.82, 2.24) is 15.2 Å². The van der Waals surface area contributed by atoms with Crippen LogP contribution in [-0.2, 0) is 0 Å². The van der Waals surface area contributed by atoms with Crippen LogP contribution in [-0.4, -0.2) is 48.7 Å². The number of nitrogens with zero attached hydrogens (tertiary/aromatic N) is 2. The minimum atomic E-state index is 0.538. The minimum absolute atomic E-state index is 0.538. The second-order valence-electron chi connectivity index (χ2n) is 11.0. The Bertz CT molecular complexity index is 1610. The fraction of sp³-hybridized carbons (Fsp3) is 0.324. The van der Waals surface area contributed by atoms with Gasteiger partial charge in [0.2, 0.25) is 0 Å². The second kappa shape index (κ2) is 12.3. The van der Waals surface area contributed by atoms with E-state index in [4.69, 9.17) is 27.9 Å². The molecule has 210 valence electrons. The molecular formula is C34H34Cl2N4O. The fourth-order valence-corrected chi connectivity index (χ4v) is 6.57. The standard InChI is InChI=1S/C34H34Cl2N4O/c1-2-28(29-12-9-25(35)18-24(29)19-37)32(34-33(36)30-5-3-4-6-31(30)39-34)23-7-10-27(11-8-23)41-16-15-40-20-22(21-40)17-26-13-14-38-26/h3-12,18,22,26,38-39H,2,13-17,20-21H2,1H3/b32-28+. The molecule has 3 aromatic carbocycles. The minimum Gasteiger partial charge on any atom is -0.492 e. The Morgan fingerprint density at radius 3 is 2.54 bits per heavy atom. The van der Waals surface area contributed by atoms with Gasteiger partial charge in [0.15, 0.2) is 0 Å². The highest BCUT2D eigenvalue weighted by molar-refractivity contribution is 6.38. The molecule has 2 aliphatic rings. The van der Waals surface area contributed by atoms with Crippen LogP contribution in [0.5, 0.6) is 5.75 Å². The van der Waals surface area contributed by atoms with Crippen LogP contribution in [0.3, 0.4) is 0 Å². The van der Waals surface area contributed by atoms with Gasteiger partial charge in [-0.1, -0.05) is 66.5 Å². The summed E-state index contributed by atoms with van der Waals surface area (Å²) in [6, 6.07) is 24.8. The molecule has 1 unspecified atom stereocenters. The van der Waals surface area contributed by atoms with Crippen molar-refractivity contribution in [2.45, 2.75) is 32.2 Å². The Morgan fingerprint density at radius 2 is 1.85 bits per heavy atom. The van der Waals surface area contributed by atoms with E-state index in [1.165, 1.54) is 32.5 Å². The summed E-state index contributed by atoms with van der Waals surface area (Å²) in [4.78, 5) is 6.03. The molecule has 2 saturated heterocycles. The van der Waals surface area contributed by atoms with Crippen LogP contribution >= 0.6 is 23.2 Å². The average Bonchev–Trinajstić information content (AvgIpc) is 3.27. The number of aromatic amines is 1. The van der Waals surface area contributed by atoms with E-state index >= 15 is 0 Å². The van der Waals surface area contributed by atoms with E-state index in [1.54, 1.807) is 6.07 Å². The van der Waals surface area contributed by atoms with Gasteiger partial charge in [-0.25, -0.2) is 0 Å². The van der Waals surface area contributed by atoms with Crippen LogP contribution in [0.4, 0.5) is 0 Å².